The molecule has 3 N–H and O–H groups in total. The zero-order valence-electron chi connectivity index (χ0n) is 17.2. The van der Waals surface area contributed by atoms with Crippen LogP contribution in [0.25, 0.3) is 21.9 Å². The molecule has 1 atom stereocenters. The van der Waals surface area contributed by atoms with Crippen molar-refractivity contribution in [2.45, 2.75) is 25.8 Å². The number of rotatable bonds is 5. The Kier molecular flexibility index (Phi) is 4.62. The number of nitrogens with one attached hydrogen (secondary N) is 1. The lowest BCUT2D eigenvalue weighted by Crippen LogP contribution is -2.31. The summed E-state index contributed by atoms with van der Waals surface area (Å²) in [6, 6.07) is 12.8. The average Bonchev–Trinajstić information content (AvgIpc) is 3.36. The number of pyridine rings is 1. The minimum Gasteiger partial charge on any atom is -0.506 e. The van der Waals surface area contributed by atoms with Crippen molar-refractivity contribution in [1.29, 1.82) is 0 Å². The molecular formula is C24H20N4O4. The van der Waals surface area contributed by atoms with Crippen LogP contribution in [0.4, 0.5) is 5.69 Å². The van der Waals surface area contributed by atoms with E-state index in [1.165, 1.54) is 11.0 Å². The number of benzene rings is 2. The fraction of sp³-hybridized carbons (Fsp3) is 0.167. The van der Waals surface area contributed by atoms with Gasteiger partial charge < -0.3 is 15.2 Å². The maximum absolute atomic E-state index is 13.2. The van der Waals surface area contributed by atoms with Crippen LogP contribution in [0.3, 0.4) is 0 Å². The molecule has 0 fully saturated rings. The molecule has 1 amide bonds. The lowest BCUT2D eigenvalue weighted by Gasteiger charge is -2.26. The number of imidazole rings is 1. The van der Waals surface area contributed by atoms with Crippen LogP contribution in [-0.2, 0) is 9.59 Å². The molecule has 0 spiro atoms. The van der Waals surface area contributed by atoms with Crippen LogP contribution < -0.4 is 4.90 Å². The molecule has 32 heavy (non-hydrogen) atoms. The summed E-state index contributed by atoms with van der Waals surface area (Å²) < 4.78 is 0. The number of hydrogen-bond donors (Lipinski definition) is 3. The predicted molar refractivity (Wildman–Crippen MR) is 119 cm³/mol. The number of para-hydroxylation sites is 1. The van der Waals surface area contributed by atoms with Crippen molar-refractivity contribution in [2.24, 2.45) is 0 Å². The quantitative estimate of drug-likeness (QED) is 0.441. The number of aromatic amines is 1. The highest BCUT2D eigenvalue weighted by Crippen LogP contribution is 2.42. The Bertz CT molecular complexity index is 1420. The van der Waals surface area contributed by atoms with Crippen molar-refractivity contribution in [3.05, 3.63) is 71.9 Å². The molecule has 8 nitrogen and oxygen atoms in total. The largest absolute Gasteiger partial charge is 0.506 e. The van der Waals surface area contributed by atoms with Gasteiger partial charge in [-0.25, -0.2) is 9.97 Å². The van der Waals surface area contributed by atoms with E-state index in [1.54, 1.807) is 42.7 Å². The van der Waals surface area contributed by atoms with Crippen molar-refractivity contribution >= 4 is 39.3 Å². The first kappa shape index (κ1) is 19.7. The number of phenols is 1. The summed E-state index contributed by atoms with van der Waals surface area (Å²) in [5.41, 5.74) is 2.68. The van der Waals surface area contributed by atoms with E-state index in [4.69, 9.17) is 0 Å². The first-order valence-electron chi connectivity index (χ1n) is 10.3. The van der Waals surface area contributed by atoms with Crippen LogP contribution in [-0.4, -0.2) is 36.9 Å². The van der Waals surface area contributed by atoms with Gasteiger partial charge >= 0.3 is 0 Å². The normalized spacial score (nSPS) is 16.5. The van der Waals surface area contributed by atoms with Crippen LogP contribution in [0.15, 0.2) is 66.2 Å². The number of anilines is 1. The summed E-state index contributed by atoms with van der Waals surface area (Å²) in [7, 11) is 0. The van der Waals surface area contributed by atoms with Gasteiger partial charge in [0.15, 0.2) is 11.5 Å². The standard InChI is InChI=1S/C24H20N4O4/c1-2-4-18(29)20-22(16-9-7-13-5-3-6-19(30)21(13)27-16)28(24(32)23(20)31)14-8-10-15-17(11-14)26-12-25-15/h3,5-12,22,30-31H,2,4H2,1H3,(H,25,26). The van der Waals surface area contributed by atoms with E-state index < -0.39 is 17.7 Å². The van der Waals surface area contributed by atoms with Crippen molar-refractivity contribution in [3.8, 4) is 5.75 Å². The molecule has 1 unspecified atom stereocenters. The number of aliphatic hydroxyl groups is 1. The third-order valence-corrected chi connectivity index (χ3v) is 5.67. The number of carbonyl (C=O) groups excluding carboxylic acids is 2. The summed E-state index contributed by atoms with van der Waals surface area (Å²) in [6.45, 7) is 1.86. The number of phenolic OH excluding ortho intramolecular Hbond substituents is 1. The number of ketones is 1. The predicted octanol–water partition coefficient (Wildman–Crippen LogP) is 4.09. The van der Waals surface area contributed by atoms with E-state index in [2.05, 4.69) is 15.0 Å². The molecular weight excluding hydrogens is 408 g/mol. The number of fused-ring (bicyclic) bond motifs is 2. The van der Waals surface area contributed by atoms with E-state index in [1.807, 2.05) is 13.0 Å². The minimum absolute atomic E-state index is 0.00580. The monoisotopic (exact) mass is 428 g/mol. The minimum atomic E-state index is -0.925. The van der Waals surface area contributed by atoms with Gasteiger partial charge in [-0.15, -0.1) is 0 Å². The Morgan fingerprint density at radius 1 is 1.16 bits per heavy atom. The number of aliphatic hydroxyl groups excluding tert-OH is 1. The summed E-state index contributed by atoms with van der Waals surface area (Å²) in [6.07, 6.45) is 2.31. The second kappa shape index (κ2) is 7.49. The third kappa shape index (κ3) is 2.99. The SMILES string of the molecule is CCCC(=O)C1=C(O)C(=O)N(c2ccc3nc[nH]c3c2)C1c1ccc2cccc(O)c2n1. The van der Waals surface area contributed by atoms with Gasteiger partial charge in [-0.3, -0.25) is 14.5 Å². The maximum atomic E-state index is 13.2. The van der Waals surface area contributed by atoms with Crippen LogP contribution >= 0.6 is 0 Å². The molecule has 0 aliphatic carbocycles. The van der Waals surface area contributed by atoms with Gasteiger partial charge in [0.2, 0.25) is 0 Å². The summed E-state index contributed by atoms with van der Waals surface area (Å²) >= 11 is 0. The highest BCUT2D eigenvalue weighted by Gasteiger charge is 2.45. The van der Waals surface area contributed by atoms with Gasteiger partial charge in [0.05, 0.1) is 28.6 Å². The van der Waals surface area contributed by atoms with Crippen molar-refractivity contribution < 1.29 is 19.8 Å². The maximum Gasteiger partial charge on any atom is 0.294 e. The van der Waals surface area contributed by atoms with E-state index in [-0.39, 0.29) is 23.5 Å². The van der Waals surface area contributed by atoms with Gasteiger partial charge in [0.25, 0.3) is 5.91 Å². The number of Topliss-reactive ketones (excluding diaryl/α,β-unsaturated/α-hetero) is 1. The second-order valence-corrected chi connectivity index (χ2v) is 7.70. The van der Waals surface area contributed by atoms with Gasteiger partial charge in [-0.1, -0.05) is 25.1 Å². The molecule has 1 aliphatic heterocycles. The number of aromatic nitrogens is 3. The summed E-state index contributed by atoms with van der Waals surface area (Å²) in [5, 5.41) is 21.7. The molecule has 0 bridgehead atoms. The van der Waals surface area contributed by atoms with E-state index >= 15 is 0 Å². The summed E-state index contributed by atoms with van der Waals surface area (Å²) in [4.78, 5) is 39.3. The number of amides is 1. The highest BCUT2D eigenvalue weighted by molar-refractivity contribution is 6.16. The third-order valence-electron chi connectivity index (χ3n) is 5.67. The van der Waals surface area contributed by atoms with Crippen LogP contribution in [0, 0.1) is 0 Å². The smallest absolute Gasteiger partial charge is 0.294 e. The lowest BCUT2D eigenvalue weighted by molar-refractivity contribution is -0.118. The van der Waals surface area contributed by atoms with Crippen LogP contribution in [0.5, 0.6) is 5.75 Å². The van der Waals surface area contributed by atoms with Gasteiger partial charge in [0.1, 0.15) is 17.3 Å². The van der Waals surface area contributed by atoms with Crippen molar-refractivity contribution in [2.75, 3.05) is 4.90 Å². The van der Waals surface area contributed by atoms with Crippen molar-refractivity contribution in [3.63, 3.8) is 0 Å². The molecule has 2 aromatic heterocycles. The van der Waals surface area contributed by atoms with Crippen LogP contribution in [0.2, 0.25) is 0 Å². The van der Waals surface area contributed by atoms with Crippen molar-refractivity contribution in [1.82, 2.24) is 15.0 Å². The first-order valence-corrected chi connectivity index (χ1v) is 10.3. The molecule has 1 aliphatic rings. The number of aromatic hydroxyl groups is 1. The average molecular weight is 428 g/mol. The second-order valence-electron chi connectivity index (χ2n) is 7.70. The number of hydrogen-bond acceptors (Lipinski definition) is 6. The fourth-order valence-electron chi connectivity index (χ4n) is 4.17. The molecule has 0 radical (unpaired) electrons. The van der Waals surface area contributed by atoms with Gasteiger partial charge in [0, 0.05) is 17.5 Å². The Morgan fingerprint density at radius 3 is 2.81 bits per heavy atom. The Morgan fingerprint density at radius 2 is 2.00 bits per heavy atom. The molecule has 160 valence electrons. The Hall–Kier alpha value is -4.20. The van der Waals surface area contributed by atoms with Gasteiger partial charge in [-0.05, 0) is 36.8 Å². The Labute approximate surface area is 182 Å². The molecule has 8 heteroatoms. The molecule has 0 saturated heterocycles. The molecule has 5 rings (SSSR count). The topological polar surface area (TPSA) is 119 Å². The highest BCUT2D eigenvalue weighted by atomic mass is 16.3. The molecule has 0 saturated carbocycles. The number of nitrogens with zero attached hydrogens (tertiary/aromatic N) is 3. The number of H-pyrrole nitrogens is 1. The lowest BCUT2D eigenvalue weighted by atomic mass is 9.96. The van der Waals surface area contributed by atoms with E-state index in [0.29, 0.717) is 28.8 Å². The van der Waals surface area contributed by atoms with Crippen LogP contribution in [0.1, 0.15) is 31.5 Å². The number of carbonyl (C=O) groups is 2. The molecule has 2 aromatic carbocycles. The molecule has 4 aromatic rings. The van der Waals surface area contributed by atoms with E-state index in [0.717, 1.165) is 10.9 Å². The first-order chi connectivity index (χ1) is 15.5. The van der Waals surface area contributed by atoms with E-state index in [9.17, 15) is 19.8 Å². The zero-order chi connectivity index (χ0) is 22.4. The zero-order valence-corrected chi connectivity index (χ0v) is 17.2. The van der Waals surface area contributed by atoms with Gasteiger partial charge in [-0.2, -0.15) is 0 Å². The summed E-state index contributed by atoms with van der Waals surface area (Å²) in [5.74, 6) is -1.56. The molecule has 3 heterocycles. The Balaban J connectivity index is 1.71. The fourth-order valence-corrected chi connectivity index (χ4v) is 4.17.